The van der Waals surface area contributed by atoms with E-state index in [0.717, 1.165) is 11.1 Å². The number of aryl methyl sites for hydroxylation is 1. The molecule has 0 radical (unpaired) electrons. The van der Waals surface area contributed by atoms with Gasteiger partial charge in [-0.1, -0.05) is 42.0 Å². The first-order valence-electron chi connectivity index (χ1n) is 11.2. The van der Waals surface area contributed by atoms with E-state index in [1.54, 1.807) is 36.4 Å². The number of ether oxygens (including phenoxy) is 3. The van der Waals surface area contributed by atoms with Crippen molar-refractivity contribution in [3.8, 4) is 17.2 Å². The third kappa shape index (κ3) is 7.60. The van der Waals surface area contributed by atoms with Crippen molar-refractivity contribution in [3.63, 3.8) is 0 Å². The summed E-state index contributed by atoms with van der Waals surface area (Å²) < 4.78 is 16.8. The molecule has 0 heterocycles. The minimum absolute atomic E-state index is 0.232. The number of methoxy groups -OCH3 is 1. The van der Waals surface area contributed by atoms with E-state index in [0.29, 0.717) is 36.0 Å². The molecule has 2 N–H and O–H groups in total. The first kappa shape index (κ1) is 25.3. The first-order chi connectivity index (χ1) is 17.0. The highest BCUT2D eigenvalue weighted by Crippen LogP contribution is 2.29. The van der Waals surface area contributed by atoms with Gasteiger partial charge in [0.2, 0.25) is 0 Å². The molecule has 0 aromatic heterocycles. The number of para-hydroxylation sites is 1. The van der Waals surface area contributed by atoms with Crippen LogP contribution in [0.2, 0.25) is 0 Å². The van der Waals surface area contributed by atoms with Gasteiger partial charge in [0, 0.05) is 0 Å². The minimum Gasteiger partial charge on any atom is -0.496 e. The molecule has 0 aliphatic carbocycles. The lowest BCUT2D eigenvalue weighted by atomic mass is 10.1. The minimum atomic E-state index is -0.465. The number of amides is 2. The third-order valence-electron chi connectivity index (χ3n) is 4.91. The summed E-state index contributed by atoms with van der Waals surface area (Å²) in [6, 6.07) is 20.3. The highest BCUT2D eigenvalue weighted by molar-refractivity contribution is 5.98. The normalized spacial score (nSPS) is 10.6. The standard InChI is InChI=1S/C27H29N3O5/c1-4-34-25-15-20(12-13-24(25)35-18-21-9-7-8-19(2)14-21)16-29-30-26(31)17-28-27(32)22-10-5-6-11-23(22)33-3/h5-16H,4,17-18H2,1-3H3,(H,28,32)(H,30,31). The van der Waals surface area contributed by atoms with Crippen molar-refractivity contribution >= 4 is 18.0 Å². The maximum atomic E-state index is 12.3. The van der Waals surface area contributed by atoms with Crippen molar-refractivity contribution in [2.24, 2.45) is 5.10 Å². The molecule has 0 aliphatic heterocycles. The molecule has 3 rings (SSSR count). The lowest BCUT2D eigenvalue weighted by Crippen LogP contribution is -2.35. The molecular formula is C27H29N3O5. The van der Waals surface area contributed by atoms with Crippen LogP contribution in [0.25, 0.3) is 0 Å². The zero-order valence-electron chi connectivity index (χ0n) is 20.0. The van der Waals surface area contributed by atoms with Gasteiger partial charge in [-0.05, 0) is 55.3 Å². The van der Waals surface area contributed by atoms with E-state index >= 15 is 0 Å². The molecular weight excluding hydrogens is 446 g/mol. The number of carbonyl (C=O) groups is 2. The van der Waals surface area contributed by atoms with Gasteiger partial charge in [-0.2, -0.15) is 5.10 Å². The van der Waals surface area contributed by atoms with Crippen LogP contribution in [0.5, 0.6) is 17.2 Å². The zero-order chi connectivity index (χ0) is 25.0. The number of benzene rings is 3. The van der Waals surface area contributed by atoms with Gasteiger partial charge in [0.1, 0.15) is 12.4 Å². The Kier molecular flexibility index (Phi) is 9.24. The summed E-state index contributed by atoms with van der Waals surface area (Å²) in [4.78, 5) is 24.4. The Morgan fingerprint density at radius 1 is 0.943 bits per heavy atom. The second kappa shape index (κ2) is 12.8. The van der Waals surface area contributed by atoms with E-state index in [9.17, 15) is 9.59 Å². The summed E-state index contributed by atoms with van der Waals surface area (Å²) in [6.45, 7) is 4.60. The average Bonchev–Trinajstić information content (AvgIpc) is 2.87. The number of hydrazone groups is 1. The maximum Gasteiger partial charge on any atom is 0.259 e. The molecule has 0 fully saturated rings. The van der Waals surface area contributed by atoms with Crippen LogP contribution >= 0.6 is 0 Å². The summed E-state index contributed by atoms with van der Waals surface area (Å²) in [5.74, 6) is 0.754. The molecule has 0 saturated carbocycles. The third-order valence-corrected chi connectivity index (χ3v) is 4.91. The van der Waals surface area contributed by atoms with Crippen molar-refractivity contribution < 1.29 is 23.8 Å². The van der Waals surface area contributed by atoms with Gasteiger partial charge >= 0.3 is 0 Å². The Morgan fingerprint density at radius 3 is 2.54 bits per heavy atom. The van der Waals surface area contributed by atoms with Crippen LogP contribution < -0.4 is 25.0 Å². The summed E-state index contributed by atoms with van der Waals surface area (Å²) in [5, 5.41) is 6.51. The van der Waals surface area contributed by atoms with Crippen LogP contribution in [0.15, 0.2) is 71.8 Å². The number of carbonyl (C=O) groups excluding carboxylic acids is 2. The highest BCUT2D eigenvalue weighted by atomic mass is 16.5. The van der Waals surface area contributed by atoms with E-state index in [-0.39, 0.29) is 6.54 Å². The summed E-state index contributed by atoms with van der Waals surface area (Å²) in [6.07, 6.45) is 1.49. The Hall–Kier alpha value is -4.33. The molecule has 0 unspecified atom stereocenters. The summed E-state index contributed by atoms with van der Waals surface area (Å²) >= 11 is 0. The number of rotatable bonds is 11. The van der Waals surface area contributed by atoms with Crippen LogP contribution in [0, 0.1) is 6.92 Å². The smallest absolute Gasteiger partial charge is 0.259 e. The predicted molar refractivity (Wildman–Crippen MR) is 134 cm³/mol. The lowest BCUT2D eigenvalue weighted by Gasteiger charge is -2.13. The first-order valence-corrected chi connectivity index (χ1v) is 11.2. The van der Waals surface area contributed by atoms with E-state index in [1.165, 1.54) is 18.9 Å². The molecule has 8 heteroatoms. The Labute approximate surface area is 204 Å². The van der Waals surface area contributed by atoms with Crippen molar-refractivity contribution in [1.82, 2.24) is 10.7 Å². The van der Waals surface area contributed by atoms with E-state index < -0.39 is 11.8 Å². The number of nitrogens with zero attached hydrogens (tertiary/aromatic N) is 1. The number of hydrogen-bond acceptors (Lipinski definition) is 6. The molecule has 0 aliphatic rings. The Morgan fingerprint density at radius 2 is 1.77 bits per heavy atom. The van der Waals surface area contributed by atoms with Crippen molar-refractivity contribution in [2.75, 3.05) is 20.3 Å². The van der Waals surface area contributed by atoms with Gasteiger partial charge in [-0.25, -0.2) is 5.43 Å². The molecule has 0 saturated heterocycles. The predicted octanol–water partition coefficient (Wildman–Crippen LogP) is 3.86. The van der Waals surface area contributed by atoms with Gasteiger partial charge in [-0.15, -0.1) is 0 Å². The van der Waals surface area contributed by atoms with E-state index in [2.05, 4.69) is 21.9 Å². The highest BCUT2D eigenvalue weighted by Gasteiger charge is 2.12. The van der Waals surface area contributed by atoms with Gasteiger partial charge in [0.05, 0.1) is 32.0 Å². The van der Waals surface area contributed by atoms with Crippen LogP contribution in [0.1, 0.15) is 34.0 Å². The molecule has 0 bridgehead atoms. The summed E-state index contributed by atoms with van der Waals surface area (Å²) in [5.41, 5.74) is 5.70. The number of hydrogen-bond donors (Lipinski definition) is 2. The van der Waals surface area contributed by atoms with Crippen molar-refractivity contribution in [3.05, 3.63) is 89.0 Å². The van der Waals surface area contributed by atoms with E-state index in [1.807, 2.05) is 38.1 Å². The quantitative estimate of drug-likeness (QED) is 0.324. The van der Waals surface area contributed by atoms with Crippen LogP contribution in [-0.4, -0.2) is 38.3 Å². The van der Waals surface area contributed by atoms with Gasteiger partial charge in [0.25, 0.3) is 11.8 Å². The molecule has 2 amide bonds. The molecule has 0 spiro atoms. The molecule has 3 aromatic carbocycles. The fourth-order valence-electron chi connectivity index (χ4n) is 3.26. The molecule has 3 aromatic rings. The van der Waals surface area contributed by atoms with Crippen LogP contribution in [0.4, 0.5) is 0 Å². The second-order valence-electron chi connectivity index (χ2n) is 7.59. The molecule has 182 valence electrons. The summed E-state index contributed by atoms with van der Waals surface area (Å²) in [7, 11) is 1.48. The molecule has 35 heavy (non-hydrogen) atoms. The SMILES string of the molecule is CCOc1cc(C=NNC(=O)CNC(=O)c2ccccc2OC)ccc1OCc1cccc(C)c1. The maximum absolute atomic E-state index is 12.3. The zero-order valence-corrected chi connectivity index (χ0v) is 20.0. The fraction of sp³-hybridized carbons (Fsp3) is 0.222. The van der Waals surface area contributed by atoms with Gasteiger partial charge in [0.15, 0.2) is 11.5 Å². The molecule has 0 atom stereocenters. The molecule has 8 nitrogen and oxygen atoms in total. The van der Waals surface area contributed by atoms with Crippen LogP contribution in [-0.2, 0) is 11.4 Å². The van der Waals surface area contributed by atoms with Crippen molar-refractivity contribution in [1.29, 1.82) is 0 Å². The van der Waals surface area contributed by atoms with Gasteiger partial charge in [-0.3, -0.25) is 9.59 Å². The van der Waals surface area contributed by atoms with Crippen LogP contribution in [0.3, 0.4) is 0 Å². The Balaban J connectivity index is 1.54. The Bertz CT molecular complexity index is 1190. The van der Waals surface area contributed by atoms with E-state index in [4.69, 9.17) is 14.2 Å². The average molecular weight is 476 g/mol. The second-order valence-corrected chi connectivity index (χ2v) is 7.59. The van der Waals surface area contributed by atoms with Gasteiger partial charge < -0.3 is 19.5 Å². The monoisotopic (exact) mass is 475 g/mol. The topological polar surface area (TPSA) is 98.2 Å². The lowest BCUT2D eigenvalue weighted by molar-refractivity contribution is -0.120. The fourth-order valence-corrected chi connectivity index (χ4v) is 3.26. The largest absolute Gasteiger partial charge is 0.496 e. The number of nitrogens with one attached hydrogen (secondary N) is 2. The van der Waals surface area contributed by atoms with Crippen molar-refractivity contribution in [2.45, 2.75) is 20.5 Å².